The second-order valence-electron chi connectivity index (χ2n) is 13.4. The predicted molar refractivity (Wildman–Crippen MR) is 202 cm³/mol. The van der Waals surface area contributed by atoms with Gasteiger partial charge >= 0.3 is 12.1 Å². The van der Waals surface area contributed by atoms with Crippen molar-refractivity contribution < 1.29 is 9.59 Å². The molecule has 0 spiro atoms. The number of carbonyl (C=O) groups is 2. The number of benzene rings is 3. The van der Waals surface area contributed by atoms with Gasteiger partial charge in [0.2, 0.25) is 0 Å². The van der Waals surface area contributed by atoms with Crippen LogP contribution in [0.2, 0.25) is 0 Å². The summed E-state index contributed by atoms with van der Waals surface area (Å²) in [5.74, 6) is 0.857. The zero-order valence-electron chi connectivity index (χ0n) is 27.7. The van der Waals surface area contributed by atoms with Crippen LogP contribution in [0.3, 0.4) is 0 Å². The van der Waals surface area contributed by atoms with Crippen LogP contribution in [-0.2, 0) is 19.4 Å². The number of amides is 4. The van der Waals surface area contributed by atoms with Crippen LogP contribution in [0.5, 0.6) is 0 Å². The summed E-state index contributed by atoms with van der Waals surface area (Å²) in [4.78, 5) is 38.8. The third kappa shape index (κ3) is 7.61. The largest absolute Gasteiger partial charge is 0.397 e. The molecule has 3 aliphatic heterocycles. The molecular formula is C37H44Br2N8O2. The van der Waals surface area contributed by atoms with Gasteiger partial charge in [0.1, 0.15) is 5.82 Å². The van der Waals surface area contributed by atoms with Gasteiger partial charge in [0.15, 0.2) is 0 Å². The molecular weight excluding hydrogens is 748 g/mol. The molecule has 3 aromatic carbocycles. The minimum Gasteiger partial charge on any atom is -0.397 e. The lowest BCUT2D eigenvalue weighted by atomic mass is 10.0. The number of likely N-dealkylation sites (tertiary alicyclic amines) is 2. The van der Waals surface area contributed by atoms with E-state index in [0.29, 0.717) is 31.7 Å². The summed E-state index contributed by atoms with van der Waals surface area (Å²) in [7, 11) is 0. The van der Waals surface area contributed by atoms with Crippen LogP contribution < -0.4 is 16.4 Å². The van der Waals surface area contributed by atoms with Crippen molar-refractivity contribution in [2.45, 2.75) is 63.6 Å². The number of carbonyl (C=O) groups excluding carboxylic acids is 2. The van der Waals surface area contributed by atoms with Gasteiger partial charge in [0.25, 0.3) is 0 Å². The molecule has 4 N–H and O–H groups in total. The minimum atomic E-state index is -0.373. The third-order valence-electron chi connectivity index (χ3n) is 10.3. The van der Waals surface area contributed by atoms with Gasteiger partial charge in [0, 0.05) is 53.3 Å². The summed E-state index contributed by atoms with van der Waals surface area (Å²) in [6, 6.07) is 19.8. The first-order valence-corrected chi connectivity index (χ1v) is 19.0. The molecule has 10 nitrogen and oxygen atoms in total. The molecule has 0 bridgehead atoms. The van der Waals surface area contributed by atoms with Gasteiger partial charge in [-0.25, -0.2) is 14.6 Å². The smallest absolute Gasteiger partial charge is 0.322 e. The Bertz CT molecular complexity index is 1790. The zero-order chi connectivity index (χ0) is 33.9. The number of piperidine rings is 1. The predicted octanol–water partition coefficient (Wildman–Crippen LogP) is 7.18. The van der Waals surface area contributed by atoms with E-state index in [1.165, 1.54) is 25.9 Å². The van der Waals surface area contributed by atoms with Crippen LogP contribution >= 0.6 is 31.9 Å². The maximum absolute atomic E-state index is 14.1. The maximum Gasteiger partial charge on any atom is 0.322 e. The van der Waals surface area contributed by atoms with E-state index >= 15 is 0 Å². The fourth-order valence-corrected chi connectivity index (χ4v) is 8.89. The Morgan fingerprint density at radius 3 is 2.45 bits per heavy atom. The third-order valence-corrected chi connectivity index (χ3v) is 11.6. The van der Waals surface area contributed by atoms with Crippen molar-refractivity contribution in [3.8, 4) is 0 Å². The topological polar surface area (TPSA) is 112 Å². The number of halogens is 2. The normalized spacial score (nSPS) is 18.0. The number of anilines is 2. The lowest BCUT2D eigenvalue weighted by molar-refractivity contribution is 0.133. The number of hydrogen-bond donors (Lipinski definition) is 3. The molecule has 0 aliphatic carbocycles. The van der Waals surface area contributed by atoms with E-state index in [2.05, 4.69) is 70.2 Å². The number of aryl methyl sites for hydroxylation is 1. The first kappa shape index (κ1) is 33.9. The van der Waals surface area contributed by atoms with Gasteiger partial charge in [0.05, 0.1) is 22.8 Å². The van der Waals surface area contributed by atoms with Crippen molar-refractivity contribution >= 4 is 66.3 Å². The molecule has 2 saturated heterocycles. The van der Waals surface area contributed by atoms with Gasteiger partial charge in [-0.15, -0.1) is 0 Å². The van der Waals surface area contributed by atoms with Crippen LogP contribution in [0.25, 0.3) is 11.0 Å². The number of nitrogen functional groups attached to an aromatic ring is 1. The van der Waals surface area contributed by atoms with Crippen molar-refractivity contribution in [2.75, 3.05) is 50.3 Å². The number of hydrogen-bond acceptors (Lipinski definition) is 5. The maximum atomic E-state index is 14.1. The fourth-order valence-electron chi connectivity index (χ4n) is 7.61. The summed E-state index contributed by atoms with van der Waals surface area (Å²) in [6.45, 7) is 6.03. The van der Waals surface area contributed by atoms with Crippen LogP contribution in [-0.4, -0.2) is 81.6 Å². The molecule has 4 aromatic rings. The number of fused-ring (bicyclic) bond motifs is 2. The Morgan fingerprint density at radius 1 is 0.959 bits per heavy atom. The van der Waals surface area contributed by atoms with E-state index in [1.54, 1.807) is 0 Å². The Morgan fingerprint density at radius 2 is 1.67 bits per heavy atom. The first-order chi connectivity index (χ1) is 23.8. The van der Waals surface area contributed by atoms with Crippen LogP contribution in [0.4, 0.5) is 21.0 Å². The van der Waals surface area contributed by atoms with Crippen molar-refractivity contribution in [2.24, 2.45) is 0 Å². The summed E-state index contributed by atoms with van der Waals surface area (Å²) >= 11 is 7.23. The Kier molecular flexibility index (Phi) is 10.4. The highest BCUT2D eigenvalue weighted by Crippen LogP contribution is 2.33. The van der Waals surface area contributed by atoms with Crippen molar-refractivity contribution in [3.63, 3.8) is 0 Å². The zero-order valence-corrected chi connectivity index (χ0v) is 30.9. The molecule has 4 amide bonds. The SMILES string of the molecule is Nc1c(Br)cc(C[C@@H](NC(=O)N2CCC(N3CCc4ccccc4NC3=O)CC2)c2nc3ccccc3n2CCCN2CCCC2)cc1Br. The van der Waals surface area contributed by atoms with E-state index < -0.39 is 0 Å². The van der Waals surface area contributed by atoms with Gasteiger partial charge in [-0.1, -0.05) is 30.3 Å². The molecule has 4 heterocycles. The molecule has 258 valence electrons. The number of rotatable bonds is 9. The van der Waals surface area contributed by atoms with Crippen molar-refractivity contribution in [3.05, 3.63) is 86.6 Å². The molecule has 49 heavy (non-hydrogen) atoms. The van der Waals surface area contributed by atoms with E-state index in [1.807, 2.05) is 52.3 Å². The van der Waals surface area contributed by atoms with Crippen molar-refractivity contribution in [1.29, 1.82) is 0 Å². The van der Waals surface area contributed by atoms with Crippen molar-refractivity contribution in [1.82, 2.24) is 29.6 Å². The molecule has 2 fully saturated rings. The van der Waals surface area contributed by atoms with E-state index in [0.717, 1.165) is 81.4 Å². The Labute approximate surface area is 304 Å². The summed E-state index contributed by atoms with van der Waals surface area (Å²) < 4.78 is 3.92. The van der Waals surface area contributed by atoms with Gasteiger partial charge in [-0.3, -0.25) is 0 Å². The van der Waals surface area contributed by atoms with E-state index in [-0.39, 0.29) is 24.1 Å². The fraction of sp³-hybridized carbons (Fsp3) is 0.432. The molecule has 7 rings (SSSR count). The number of nitrogens with two attached hydrogens (primary N) is 1. The number of nitrogens with one attached hydrogen (secondary N) is 2. The molecule has 3 aliphatic rings. The average Bonchev–Trinajstić information content (AvgIpc) is 3.72. The van der Waals surface area contributed by atoms with Gasteiger partial charge in [-0.2, -0.15) is 0 Å². The number of para-hydroxylation sites is 3. The molecule has 0 saturated carbocycles. The molecule has 0 unspecified atom stereocenters. The number of imidazole rings is 1. The quantitative estimate of drug-likeness (QED) is 0.156. The lowest BCUT2D eigenvalue weighted by Gasteiger charge is -2.38. The highest BCUT2D eigenvalue weighted by Gasteiger charge is 2.33. The standard InChI is InChI=1S/C37H44Br2N8O2/c38-28-22-25(23-29(39)34(28)40)24-32(35-41-31-10-3-4-11-33(31)47(35)18-7-17-44-15-5-6-16-44)43-36(48)45-19-13-27(14-20-45)46-21-12-26-8-1-2-9-30(26)42-37(46)49/h1-4,8-11,22-23,27,32H,5-7,12-21,24,40H2,(H,42,49)(H,43,48)/t32-/m1/s1. The van der Waals surface area contributed by atoms with Crippen LogP contribution in [0.15, 0.2) is 69.6 Å². The number of urea groups is 2. The van der Waals surface area contributed by atoms with Crippen LogP contribution in [0.1, 0.15) is 55.1 Å². The second kappa shape index (κ2) is 15.1. The average molecular weight is 793 g/mol. The highest BCUT2D eigenvalue weighted by molar-refractivity contribution is 9.11. The highest BCUT2D eigenvalue weighted by atomic mass is 79.9. The summed E-state index contributed by atoms with van der Waals surface area (Å²) in [6.07, 6.45) is 6.38. The first-order valence-electron chi connectivity index (χ1n) is 17.5. The lowest BCUT2D eigenvalue weighted by Crippen LogP contribution is -2.52. The molecule has 0 radical (unpaired) electrons. The van der Waals surface area contributed by atoms with Gasteiger partial charge < -0.3 is 35.6 Å². The minimum absolute atomic E-state index is 0.0580. The van der Waals surface area contributed by atoms with E-state index in [4.69, 9.17) is 10.7 Å². The number of aromatic nitrogens is 2. The monoisotopic (exact) mass is 790 g/mol. The molecule has 1 aromatic heterocycles. The molecule has 12 heteroatoms. The summed E-state index contributed by atoms with van der Waals surface area (Å²) in [5.41, 5.74) is 12.0. The van der Waals surface area contributed by atoms with Crippen LogP contribution in [0, 0.1) is 0 Å². The Hall–Kier alpha value is -3.61. The second-order valence-corrected chi connectivity index (χ2v) is 15.1. The Balaban J connectivity index is 1.09. The van der Waals surface area contributed by atoms with E-state index in [9.17, 15) is 9.59 Å². The summed E-state index contributed by atoms with van der Waals surface area (Å²) in [5, 5.41) is 6.50. The number of nitrogens with zero attached hydrogens (tertiary/aromatic N) is 5. The van der Waals surface area contributed by atoms with Gasteiger partial charge in [-0.05, 0) is 131 Å². The molecule has 1 atom stereocenters.